The smallest absolute Gasteiger partial charge is 0.243 e. The topological polar surface area (TPSA) is 35.1 Å². The molecule has 2 aliphatic rings. The summed E-state index contributed by atoms with van der Waals surface area (Å²) in [5.41, 5.74) is 12.1. The minimum Gasteiger partial charge on any atom is -0.456 e. The van der Waals surface area contributed by atoms with Gasteiger partial charge in [-0.15, -0.1) is 0 Å². The first-order valence-electron chi connectivity index (χ1n) is 18.6. The molecule has 3 nitrogen and oxygen atoms in total. The third-order valence-corrected chi connectivity index (χ3v) is 15.3. The zero-order valence-electron chi connectivity index (χ0n) is 29.2. The van der Waals surface area contributed by atoms with E-state index < -0.39 is 7.14 Å². The molecular formula is C48H30B2NO2P. The van der Waals surface area contributed by atoms with Gasteiger partial charge in [-0.1, -0.05) is 178 Å². The standard InChI is InChI=1S/C48H30B2NO2P/c52-54-46-22-9-4-15-38(46)49(31-24-27-33(28-25-31)51-42-19-6-1-12-34(42)35-13-2-7-20-43(35)51)40-17-11-18-41(48(40)54)50(39-16-5-10-23-47(39)54)32-26-29-37-36-14-3-8-21-44(36)53-45(37)30-32/h1-30H. The van der Waals surface area contributed by atoms with Crippen molar-refractivity contribution in [2.24, 2.45) is 0 Å². The Hall–Kier alpha value is -6.28. The Balaban J connectivity index is 1.07. The maximum atomic E-state index is 16.3. The summed E-state index contributed by atoms with van der Waals surface area (Å²) in [5.74, 6) is 0. The molecule has 0 bridgehead atoms. The minimum absolute atomic E-state index is 0.0748. The molecule has 0 amide bonds. The molecule has 1 atom stereocenters. The predicted molar refractivity (Wildman–Crippen MR) is 230 cm³/mol. The van der Waals surface area contributed by atoms with Gasteiger partial charge in [0.05, 0.1) is 11.0 Å². The van der Waals surface area contributed by atoms with Crippen molar-refractivity contribution in [3.05, 3.63) is 182 Å². The van der Waals surface area contributed by atoms with Crippen LogP contribution in [0.3, 0.4) is 0 Å². The van der Waals surface area contributed by atoms with Gasteiger partial charge in [0.1, 0.15) is 11.2 Å². The Morgan fingerprint density at radius 2 is 0.926 bits per heavy atom. The number of nitrogens with zero attached hydrogens (tertiary/aromatic N) is 1. The number of fused-ring (bicyclic) bond motifs is 10. The van der Waals surface area contributed by atoms with E-state index in [2.05, 4.69) is 168 Å². The molecule has 54 heavy (non-hydrogen) atoms. The lowest BCUT2D eigenvalue weighted by atomic mass is 9.33. The summed E-state index contributed by atoms with van der Waals surface area (Å²) in [6.07, 6.45) is 0. The molecule has 2 aromatic heterocycles. The van der Waals surface area contributed by atoms with E-state index in [0.717, 1.165) is 70.9 Å². The molecule has 4 heterocycles. The van der Waals surface area contributed by atoms with Gasteiger partial charge in [0, 0.05) is 43.1 Å². The fraction of sp³-hybridized carbons (Fsp3) is 0. The van der Waals surface area contributed by atoms with Crippen molar-refractivity contribution < 1.29 is 8.98 Å². The van der Waals surface area contributed by atoms with Crippen LogP contribution in [-0.4, -0.2) is 18.0 Å². The van der Waals surface area contributed by atoms with Gasteiger partial charge in [0.25, 0.3) is 0 Å². The number of rotatable bonds is 3. The molecule has 0 N–H and O–H groups in total. The molecule has 12 rings (SSSR count). The highest BCUT2D eigenvalue weighted by Crippen LogP contribution is 2.43. The average Bonchev–Trinajstić information content (AvgIpc) is 3.77. The number of hydrogen-bond acceptors (Lipinski definition) is 2. The van der Waals surface area contributed by atoms with Gasteiger partial charge in [-0.2, -0.15) is 0 Å². The van der Waals surface area contributed by atoms with Crippen LogP contribution >= 0.6 is 7.14 Å². The van der Waals surface area contributed by atoms with Crippen LogP contribution in [0.2, 0.25) is 0 Å². The molecule has 10 aromatic rings. The quantitative estimate of drug-likeness (QED) is 0.168. The van der Waals surface area contributed by atoms with Crippen LogP contribution in [0.4, 0.5) is 0 Å². The first kappa shape index (κ1) is 30.2. The zero-order chi connectivity index (χ0) is 35.5. The van der Waals surface area contributed by atoms with E-state index in [-0.39, 0.29) is 13.4 Å². The summed E-state index contributed by atoms with van der Waals surface area (Å²) in [5, 5.41) is 7.60. The second-order valence-electron chi connectivity index (χ2n) is 14.7. The van der Waals surface area contributed by atoms with Crippen LogP contribution in [-0.2, 0) is 4.57 Å². The first-order chi connectivity index (χ1) is 26.7. The SMILES string of the molecule is O=P12c3ccccc3B(c3ccc(-n4c5ccccc5c5ccccc54)cc3)c3cccc(c31)B(c1ccc3c(c1)oc1ccccc13)c1ccccc12. The summed E-state index contributed by atoms with van der Waals surface area (Å²) in [4.78, 5) is 0. The molecule has 8 aromatic carbocycles. The van der Waals surface area contributed by atoms with E-state index in [4.69, 9.17) is 4.42 Å². The van der Waals surface area contributed by atoms with E-state index in [0.29, 0.717) is 0 Å². The fourth-order valence-electron chi connectivity index (χ4n) is 9.81. The minimum atomic E-state index is -3.23. The van der Waals surface area contributed by atoms with E-state index in [1.807, 2.05) is 18.2 Å². The Kier molecular flexibility index (Phi) is 6.22. The van der Waals surface area contributed by atoms with E-state index in [9.17, 15) is 0 Å². The van der Waals surface area contributed by atoms with Gasteiger partial charge < -0.3 is 13.5 Å². The first-order valence-corrected chi connectivity index (χ1v) is 20.3. The Morgan fingerprint density at radius 3 is 1.59 bits per heavy atom. The Morgan fingerprint density at radius 1 is 0.426 bits per heavy atom. The Bertz CT molecular complexity index is 3180. The zero-order valence-corrected chi connectivity index (χ0v) is 30.1. The summed E-state index contributed by atoms with van der Waals surface area (Å²) < 4.78 is 25.0. The van der Waals surface area contributed by atoms with Crippen molar-refractivity contribution in [3.8, 4) is 5.69 Å². The fourth-order valence-corrected chi connectivity index (χ4v) is 13.4. The lowest BCUT2D eigenvalue weighted by Crippen LogP contribution is -2.74. The van der Waals surface area contributed by atoms with E-state index >= 15 is 4.57 Å². The van der Waals surface area contributed by atoms with Crippen LogP contribution in [0, 0.1) is 0 Å². The van der Waals surface area contributed by atoms with E-state index in [1.165, 1.54) is 27.3 Å². The highest BCUT2D eigenvalue weighted by molar-refractivity contribution is 7.88. The van der Waals surface area contributed by atoms with Gasteiger partial charge in [0.15, 0.2) is 7.14 Å². The summed E-state index contributed by atoms with van der Waals surface area (Å²) >= 11 is 0. The van der Waals surface area contributed by atoms with Crippen LogP contribution in [0.5, 0.6) is 0 Å². The van der Waals surface area contributed by atoms with Crippen molar-refractivity contribution in [1.82, 2.24) is 4.57 Å². The van der Waals surface area contributed by atoms with Crippen molar-refractivity contribution >= 4 is 113 Å². The number of benzene rings is 8. The molecule has 0 saturated carbocycles. The molecular weight excluding hydrogens is 675 g/mol. The summed E-state index contributed by atoms with van der Waals surface area (Å²) in [6, 6.07) is 64.7. The Labute approximate surface area is 313 Å². The third kappa shape index (κ3) is 3.97. The maximum Gasteiger partial charge on any atom is 0.243 e. The van der Waals surface area contributed by atoms with Crippen LogP contribution in [0.25, 0.3) is 49.4 Å². The number of furan rings is 1. The predicted octanol–water partition coefficient (Wildman–Crippen LogP) is 5.98. The van der Waals surface area contributed by atoms with Gasteiger partial charge in [-0.25, -0.2) is 0 Å². The molecule has 0 radical (unpaired) electrons. The van der Waals surface area contributed by atoms with Gasteiger partial charge >= 0.3 is 0 Å². The highest BCUT2D eigenvalue weighted by atomic mass is 31.2. The molecule has 0 aliphatic carbocycles. The lowest BCUT2D eigenvalue weighted by Gasteiger charge is -2.40. The van der Waals surface area contributed by atoms with Crippen LogP contribution in [0.1, 0.15) is 0 Å². The molecule has 2 aliphatic heterocycles. The largest absolute Gasteiger partial charge is 0.456 e. The van der Waals surface area contributed by atoms with E-state index in [1.54, 1.807) is 0 Å². The molecule has 0 saturated heterocycles. The number of para-hydroxylation sites is 3. The van der Waals surface area contributed by atoms with Crippen molar-refractivity contribution in [2.75, 3.05) is 0 Å². The average molecular weight is 705 g/mol. The summed E-state index contributed by atoms with van der Waals surface area (Å²) in [7, 11) is -3.23. The molecule has 0 fully saturated rings. The monoisotopic (exact) mass is 705 g/mol. The number of aromatic nitrogens is 1. The van der Waals surface area contributed by atoms with Crippen LogP contribution in [0.15, 0.2) is 186 Å². The van der Waals surface area contributed by atoms with Crippen molar-refractivity contribution in [3.63, 3.8) is 0 Å². The van der Waals surface area contributed by atoms with Gasteiger partial charge in [-0.3, -0.25) is 0 Å². The van der Waals surface area contributed by atoms with Gasteiger partial charge in [-0.05, 0) is 36.4 Å². The van der Waals surface area contributed by atoms with Crippen LogP contribution < -0.4 is 48.7 Å². The van der Waals surface area contributed by atoms with Gasteiger partial charge in [0.2, 0.25) is 13.4 Å². The normalized spacial score (nSPS) is 15.9. The molecule has 6 heteroatoms. The molecule has 250 valence electrons. The van der Waals surface area contributed by atoms with Crippen molar-refractivity contribution in [2.45, 2.75) is 0 Å². The summed E-state index contributed by atoms with van der Waals surface area (Å²) in [6.45, 7) is -0.173. The second-order valence-corrected chi connectivity index (χ2v) is 17.3. The molecule has 0 spiro atoms. The second kappa shape index (κ2) is 11.1. The number of hydrogen-bond donors (Lipinski definition) is 0. The van der Waals surface area contributed by atoms with Crippen molar-refractivity contribution in [1.29, 1.82) is 0 Å². The lowest BCUT2D eigenvalue weighted by molar-refractivity contribution is 0.592. The maximum absolute atomic E-state index is 16.3. The third-order valence-electron chi connectivity index (χ3n) is 12.0. The highest BCUT2D eigenvalue weighted by Gasteiger charge is 2.50. The molecule has 1 unspecified atom stereocenters.